The van der Waals surface area contributed by atoms with Crippen molar-refractivity contribution in [2.75, 3.05) is 0 Å². The Labute approximate surface area is 113 Å². The van der Waals surface area contributed by atoms with Crippen molar-refractivity contribution in [3.8, 4) is 0 Å². The molecule has 0 N–H and O–H groups in total. The quantitative estimate of drug-likeness (QED) is 0.751. The first kappa shape index (κ1) is 12.2. The second-order valence-corrected chi connectivity index (χ2v) is 5.46. The van der Waals surface area contributed by atoms with Crippen LogP contribution in [0.25, 0.3) is 10.9 Å². The number of rotatable bonds is 3. The maximum absolute atomic E-state index is 12.9. The number of benzene rings is 1. The molecule has 2 aromatic rings. The van der Waals surface area contributed by atoms with Crippen molar-refractivity contribution in [2.45, 2.75) is 32.6 Å². The van der Waals surface area contributed by atoms with Gasteiger partial charge in [0.2, 0.25) is 5.91 Å². The van der Waals surface area contributed by atoms with E-state index in [1.807, 2.05) is 28.8 Å². The Hall–Kier alpha value is -1.83. The fourth-order valence-corrected chi connectivity index (χ4v) is 3.29. The number of fused-ring (bicyclic) bond motifs is 3. The lowest BCUT2D eigenvalue weighted by molar-refractivity contribution is 0.0643. The molecule has 1 aromatic heterocycles. The van der Waals surface area contributed by atoms with Crippen LogP contribution >= 0.6 is 0 Å². The van der Waals surface area contributed by atoms with Crippen LogP contribution in [0, 0.1) is 5.41 Å². The van der Waals surface area contributed by atoms with Gasteiger partial charge in [-0.15, -0.1) is 6.58 Å². The zero-order chi connectivity index (χ0) is 13.5. The van der Waals surface area contributed by atoms with Gasteiger partial charge < -0.3 is 0 Å². The SMILES string of the molecule is C=CC[C@]1(CC)CCc2cc3ccccc3n2C1=O. The summed E-state index contributed by atoms with van der Waals surface area (Å²) in [5, 5.41) is 1.16. The highest BCUT2D eigenvalue weighted by molar-refractivity contribution is 5.97. The number of allylic oxidation sites excluding steroid dienone is 1. The molecule has 0 fully saturated rings. The summed E-state index contributed by atoms with van der Waals surface area (Å²) in [6.45, 7) is 5.94. The highest BCUT2D eigenvalue weighted by Gasteiger charge is 2.40. The molecule has 2 heterocycles. The first-order chi connectivity index (χ1) is 9.22. The number of hydrogen-bond donors (Lipinski definition) is 0. The Bertz CT molecular complexity index is 652. The van der Waals surface area contributed by atoms with Crippen LogP contribution in [0.1, 0.15) is 36.7 Å². The molecule has 3 rings (SSSR count). The summed E-state index contributed by atoms with van der Waals surface area (Å²) in [7, 11) is 0. The lowest BCUT2D eigenvalue weighted by Crippen LogP contribution is -2.39. The van der Waals surface area contributed by atoms with E-state index in [2.05, 4.69) is 25.6 Å². The van der Waals surface area contributed by atoms with Gasteiger partial charge in [-0.2, -0.15) is 0 Å². The summed E-state index contributed by atoms with van der Waals surface area (Å²) < 4.78 is 1.94. The molecule has 2 heteroatoms. The van der Waals surface area contributed by atoms with Gasteiger partial charge in [0.1, 0.15) is 0 Å². The summed E-state index contributed by atoms with van der Waals surface area (Å²) in [6, 6.07) is 10.3. The van der Waals surface area contributed by atoms with E-state index in [-0.39, 0.29) is 11.3 Å². The summed E-state index contributed by atoms with van der Waals surface area (Å²) in [5.41, 5.74) is 1.94. The maximum atomic E-state index is 12.9. The average molecular weight is 253 g/mol. The fraction of sp³-hybridized carbons (Fsp3) is 0.353. The van der Waals surface area contributed by atoms with Crippen molar-refractivity contribution in [2.24, 2.45) is 5.41 Å². The molecule has 2 nitrogen and oxygen atoms in total. The summed E-state index contributed by atoms with van der Waals surface area (Å²) in [4.78, 5) is 12.9. The summed E-state index contributed by atoms with van der Waals surface area (Å²) >= 11 is 0. The van der Waals surface area contributed by atoms with Crippen molar-refractivity contribution in [3.63, 3.8) is 0 Å². The smallest absolute Gasteiger partial charge is 0.237 e. The molecule has 0 bridgehead atoms. The molecule has 19 heavy (non-hydrogen) atoms. The van der Waals surface area contributed by atoms with E-state index in [1.165, 1.54) is 0 Å². The third kappa shape index (κ3) is 1.66. The minimum Gasteiger partial charge on any atom is -0.284 e. The molecule has 1 aromatic carbocycles. The highest BCUT2D eigenvalue weighted by Crippen LogP contribution is 2.40. The predicted molar refractivity (Wildman–Crippen MR) is 78.4 cm³/mol. The van der Waals surface area contributed by atoms with Crippen LogP contribution in [0.5, 0.6) is 0 Å². The Morgan fingerprint density at radius 2 is 2.21 bits per heavy atom. The summed E-state index contributed by atoms with van der Waals surface area (Å²) in [5.74, 6) is 0.248. The predicted octanol–water partition coefficient (Wildman–Crippen LogP) is 4.20. The number of hydrogen-bond acceptors (Lipinski definition) is 1. The van der Waals surface area contributed by atoms with Crippen LogP contribution in [0.4, 0.5) is 0 Å². The molecular weight excluding hydrogens is 234 g/mol. The maximum Gasteiger partial charge on any atom is 0.237 e. The van der Waals surface area contributed by atoms with Crippen molar-refractivity contribution in [1.29, 1.82) is 0 Å². The fourth-order valence-electron chi connectivity index (χ4n) is 3.29. The third-order valence-corrected chi connectivity index (χ3v) is 4.52. The van der Waals surface area contributed by atoms with E-state index in [0.717, 1.165) is 42.3 Å². The van der Waals surface area contributed by atoms with Crippen molar-refractivity contribution >= 4 is 16.8 Å². The number of aromatic nitrogens is 1. The molecule has 0 unspecified atom stereocenters. The van der Waals surface area contributed by atoms with Gasteiger partial charge in [0.15, 0.2) is 0 Å². The van der Waals surface area contributed by atoms with Crippen LogP contribution in [-0.4, -0.2) is 10.5 Å². The van der Waals surface area contributed by atoms with Gasteiger partial charge in [-0.1, -0.05) is 31.2 Å². The topological polar surface area (TPSA) is 22.0 Å². The molecule has 0 amide bonds. The van der Waals surface area contributed by atoms with Gasteiger partial charge >= 0.3 is 0 Å². The van der Waals surface area contributed by atoms with Crippen LogP contribution < -0.4 is 0 Å². The van der Waals surface area contributed by atoms with Crippen molar-refractivity contribution in [3.05, 3.63) is 48.7 Å². The first-order valence-corrected chi connectivity index (χ1v) is 6.97. The molecular formula is C17H19NO. The highest BCUT2D eigenvalue weighted by atomic mass is 16.2. The van der Waals surface area contributed by atoms with Crippen LogP contribution in [0.3, 0.4) is 0 Å². The third-order valence-electron chi connectivity index (χ3n) is 4.52. The Balaban J connectivity index is 2.19. The zero-order valence-corrected chi connectivity index (χ0v) is 11.4. The molecule has 0 saturated carbocycles. The molecule has 1 aliphatic heterocycles. The van der Waals surface area contributed by atoms with Crippen molar-refractivity contribution in [1.82, 2.24) is 4.57 Å². The Morgan fingerprint density at radius 3 is 2.95 bits per heavy atom. The first-order valence-electron chi connectivity index (χ1n) is 6.97. The van der Waals surface area contributed by atoms with E-state index in [0.29, 0.717) is 0 Å². The standard InChI is InChI=1S/C17H19NO/c1-3-10-17(4-2)11-9-14-12-13-7-5-6-8-15(13)18(14)16(17)19/h3,5-8,12H,1,4,9-11H2,2H3/t17-/m1/s1. The Kier molecular flexibility index (Phi) is 2.81. The molecule has 0 radical (unpaired) electrons. The van der Waals surface area contributed by atoms with Gasteiger partial charge in [0, 0.05) is 11.1 Å². The summed E-state index contributed by atoms with van der Waals surface area (Å²) in [6.07, 6.45) is 5.45. The van der Waals surface area contributed by atoms with Crippen LogP contribution in [-0.2, 0) is 6.42 Å². The van der Waals surface area contributed by atoms with Gasteiger partial charge in [0.05, 0.1) is 10.9 Å². The Morgan fingerprint density at radius 1 is 1.42 bits per heavy atom. The van der Waals surface area contributed by atoms with Crippen LogP contribution in [0.15, 0.2) is 43.0 Å². The van der Waals surface area contributed by atoms with Crippen molar-refractivity contribution < 1.29 is 4.79 Å². The monoisotopic (exact) mass is 253 g/mol. The van der Waals surface area contributed by atoms with Gasteiger partial charge in [-0.3, -0.25) is 9.36 Å². The largest absolute Gasteiger partial charge is 0.284 e. The second-order valence-electron chi connectivity index (χ2n) is 5.46. The lowest BCUT2D eigenvalue weighted by Gasteiger charge is -2.35. The molecule has 98 valence electrons. The number of nitrogens with zero attached hydrogens (tertiary/aromatic N) is 1. The van der Waals surface area contributed by atoms with Gasteiger partial charge in [-0.05, 0) is 37.8 Å². The second kappa shape index (κ2) is 4.37. The number of carbonyl (C=O) groups is 1. The van der Waals surface area contributed by atoms with Crippen LogP contribution in [0.2, 0.25) is 0 Å². The minimum absolute atomic E-state index is 0.248. The average Bonchev–Trinajstić information content (AvgIpc) is 2.81. The van der Waals surface area contributed by atoms with E-state index in [1.54, 1.807) is 0 Å². The number of carbonyl (C=O) groups excluding carboxylic acids is 1. The van der Waals surface area contributed by atoms with Gasteiger partial charge in [0.25, 0.3) is 0 Å². The van der Waals surface area contributed by atoms with E-state index >= 15 is 0 Å². The lowest BCUT2D eigenvalue weighted by atomic mass is 9.74. The molecule has 1 aliphatic rings. The van der Waals surface area contributed by atoms with E-state index in [9.17, 15) is 4.79 Å². The minimum atomic E-state index is -0.253. The number of aryl methyl sites for hydroxylation is 1. The normalized spacial score (nSPS) is 22.5. The van der Waals surface area contributed by atoms with E-state index in [4.69, 9.17) is 0 Å². The van der Waals surface area contributed by atoms with Gasteiger partial charge in [-0.25, -0.2) is 0 Å². The molecule has 0 spiro atoms. The van der Waals surface area contributed by atoms with E-state index < -0.39 is 0 Å². The molecule has 1 atom stereocenters. The number of para-hydroxylation sites is 1. The zero-order valence-electron chi connectivity index (χ0n) is 11.4. The molecule has 0 saturated heterocycles. The molecule has 0 aliphatic carbocycles.